The maximum Gasteiger partial charge on any atom is 0.162 e. The van der Waals surface area contributed by atoms with Crippen LogP contribution in [0.4, 0.5) is 5.69 Å². The molecule has 2 aliphatic rings. The number of rotatable bonds is 2. The highest BCUT2D eigenvalue weighted by Gasteiger charge is 2.31. The highest BCUT2D eigenvalue weighted by Crippen LogP contribution is 2.31. The zero-order valence-electron chi connectivity index (χ0n) is 12.2. The van der Waals surface area contributed by atoms with Crippen molar-refractivity contribution in [1.29, 1.82) is 0 Å². The summed E-state index contributed by atoms with van der Waals surface area (Å²) in [6.45, 7) is 3.49. The van der Waals surface area contributed by atoms with Gasteiger partial charge in [0.2, 0.25) is 0 Å². The lowest BCUT2D eigenvalue weighted by atomic mass is 9.96. The first-order valence-corrected chi connectivity index (χ1v) is 7.58. The smallest absolute Gasteiger partial charge is 0.162 e. The Kier molecular flexibility index (Phi) is 3.27. The molecule has 0 saturated carbocycles. The molecule has 0 amide bonds. The Morgan fingerprint density at radius 2 is 2.14 bits per heavy atom. The predicted octanol–water partition coefficient (Wildman–Crippen LogP) is 1.56. The highest BCUT2D eigenvalue weighted by molar-refractivity contribution is 5.89. The van der Waals surface area contributed by atoms with Gasteiger partial charge >= 0.3 is 0 Å². The predicted molar refractivity (Wildman–Crippen MR) is 79.1 cm³/mol. The van der Waals surface area contributed by atoms with E-state index in [0.717, 1.165) is 43.8 Å². The molecule has 2 saturated heterocycles. The molecule has 112 valence electrons. The lowest BCUT2D eigenvalue weighted by molar-refractivity contribution is -0.0858. The van der Waals surface area contributed by atoms with Crippen LogP contribution in [0.2, 0.25) is 0 Å². The van der Waals surface area contributed by atoms with Crippen LogP contribution in [0.25, 0.3) is 11.0 Å². The number of aryl methyl sites for hydroxylation is 1. The summed E-state index contributed by atoms with van der Waals surface area (Å²) in [5, 5.41) is 5.45. The zero-order valence-corrected chi connectivity index (χ0v) is 12.2. The molecule has 4 rings (SSSR count). The Balaban J connectivity index is 1.62. The topological polar surface area (TPSA) is 52.4 Å². The molecule has 0 aliphatic carbocycles. The molecule has 2 aromatic rings. The van der Waals surface area contributed by atoms with Crippen LogP contribution in [0.1, 0.15) is 12.8 Å². The van der Waals surface area contributed by atoms with Gasteiger partial charge in [-0.2, -0.15) is 5.10 Å². The number of fused-ring (bicyclic) bond motifs is 1. The second kappa shape index (κ2) is 5.27. The van der Waals surface area contributed by atoms with Crippen LogP contribution >= 0.6 is 0 Å². The standard InChI is InChI=1S/C15H20N4O2/c1-18-14-12(9-17-18)13(4-5-16-14)19-6-2-3-11(10-19)15-20-7-8-21-15/h4-5,9,11,15H,2-3,6-8,10H2,1H3/t11-/m0/s1. The molecule has 2 aromatic heterocycles. The average molecular weight is 288 g/mol. The van der Waals surface area contributed by atoms with E-state index in [4.69, 9.17) is 9.47 Å². The number of ether oxygens (including phenoxy) is 2. The summed E-state index contributed by atoms with van der Waals surface area (Å²) in [6.07, 6.45) is 6.08. The zero-order chi connectivity index (χ0) is 14.2. The van der Waals surface area contributed by atoms with Gasteiger partial charge in [-0.1, -0.05) is 0 Å². The van der Waals surface area contributed by atoms with Gasteiger partial charge in [-0.25, -0.2) is 4.98 Å². The minimum absolute atomic E-state index is 0.0287. The summed E-state index contributed by atoms with van der Waals surface area (Å²) >= 11 is 0. The maximum absolute atomic E-state index is 5.69. The van der Waals surface area contributed by atoms with E-state index in [1.165, 1.54) is 12.1 Å². The summed E-state index contributed by atoms with van der Waals surface area (Å²) in [7, 11) is 1.93. The number of nitrogens with zero attached hydrogens (tertiary/aromatic N) is 4. The molecule has 0 spiro atoms. The number of aromatic nitrogens is 3. The molecule has 6 heteroatoms. The number of hydrogen-bond donors (Lipinski definition) is 0. The van der Waals surface area contributed by atoms with Crippen LogP contribution < -0.4 is 4.90 Å². The summed E-state index contributed by atoms with van der Waals surface area (Å²) in [4.78, 5) is 6.84. The van der Waals surface area contributed by atoms with E-state index in [1.807, 2.05) is 24.1 Å². The van der Waals surface area contributed by atoms with Crippen molar-refractivity contribution in [2.24, 2.45) is 13.0 Å². The van der Waals surface area contributed by atoms with Crippen LogP contribution in [-0.4, -0.2) is 47.4 Å². The molecule has 0 aromatic carbocycles. The van der Waals surface area contributed by atoms with Crippen molar-refractivity contribution in [2.45, 2.75) is 19.1 Å². The van der Waals surface area contributed by atoms with E-state index >= 15 is 0 Å². The normalized spacial score (nSPS) is 24.0. The Hall–Kier alpha value is -1.66. The molecule has 2 fully saturated rings. The molecule has 4 heterocycles. The molecular formula is C15H20N4O2. The molecular weight excluding hydrogens is 268 g/mol. The van der Waals surface area contributed by atoms with Gasteiger partial charge in [0.15, 0.2) is 11.9 Å². The first-order valence-electron chi connectivity index (χ1n) is 7.58. The van der Waals surface area contributed by atoms with Gasteiger partial charge in [-0.3, -0.25) is 4.68 Å². The highest BCUT2D eigenvalue weighted by atomic mass is 16.7. The van der Waals surface area contributed by atoms with E-state index in [-0.39, 0.29) is 6.29 Å². The van der Waals surface area contributed by atoms with Gasteiger partial charge in [0.25, 0.3) is 0 Å². The number of hydrogen-bond acceptors (Lipinski definition) is 5. The Morgan fingerprint density at radius 1 is 1.29 bits per heavy atom. The Bertz CT molecular complexity index is 636. The van der Waals surface area contributed by atoms with E-state index in [2.05, 4.69) is 21.0 Å². The SMILES string of the molecule is Cn1ncc2c(N3CCC[C@H](C4OCCO4)C3)ccnc21. The second-order valence-corrected chi connectivity index (χ2v) is 5.79. The quantitative estimate of drug-likeness (QED) is 0.839. The molecule has 0 unspecified atom stereocenters. The lowest BCUT2D eigenvalue weighted by Crippen LogP contribution is -2.40. The van der Waals surface area contributed by atoms with E-state index in [1.54, 1.807) is 0 Å². The summed E-state index contributed by atoms with van der Waals surface area (Å²) in [5.41, 5.74) is 2.15. The van der Waals surface area contributed by atoms with Crippen molar-refractivity contribution in [3.05, 3.63) is 18.5 Å². The van der Waals surface area contributed by atoms with Crippen molar-refractivity contribution >= 4 is 16.7 Å². The third kappa shape index (κ3) is 2.28. The average Bonchev–Trinajstić information content (AvgIpc) is 3.18. The van der Waals surface area contributed by atoms with Crippen LogP contribution in [0.3, 0.4) is 0 Å². The summed E-state index contributed by atoms with van der Waals surface area (Å²) < 4.78 is 13.2. The summed E-state index contributed by atoms with van der Waals surface area (Å²) in [6, 6.07) is 2.09. The number of pyridine rings is 1. The minimum atomic E-state index is -0.0287. The van der Waals surface area contributed by atoms with Crippen LogP contribution in [0.5, 0.6) is 0 Å². The van der Waals surface area contributed by atoms with Crippen molar-refractivity contribution in [2.75, 3.05) is 31.2 Å². The fourth-order valence-corrected chi connectivity index (χ4v) is 3.41. The number of piperidine rings is 1. The minimum Gasteiger partial charge on any atom is -0.370 e. The van der Waals surface area contributed by atoms with Gasteiger partial charge in [-0.15, -0.1) is 0 Å². The molecule has 1 atom stereocenters. The van der Waals surface area contributed by atoms with E-state index in [0.29, 0.717) is 5.92 Å². The molecule has 6 nitrogen and oxygen atoms in total. The van der Waals surface area contributed by atoms with Gasteiger partial charge in [-0.05, 0) is 18.9 Å². The Labute approximate surface area is 123 Å². The van der Waals surface area contributed by atoms with E-state index < -0.39 is 0 Å². The molecule has 21 heavy (non-hydrogen) atoms. The van der Waals surface area contributed by atoms with Crippen molar-refractivity contribution in [3.63, 3.8) is 0 Å². The molecule has 0 radical (unpaired) electrons. The monoisotopic (exact) mass is 288 g/mol. The molecule has 0 N–H and O–H groups in total. The Morgan fingerprint density at radius 3 is 3.00 bits per heavy atom. The summed E-state index contributed by atoms with van der Waals surface area (Å²) in [5.74, 6) is 0.445. The van der Waals surface area contributed by atoms with Crippen LogP contribution in [0, 0.1) is 5.92 Å². The van der Waals surface area contributed by atoms with Crippen molar-refractivity contribution in [3.8, 4) is 0 Å². The van der Waals surface area contributed by atoms with E-state index in [9.17, 15) is 0 Å². The third-order valence-electron chi connectivity index (χ3n) is 4.44. The van der Waals surface area contributed by atoms with Crippen molar-refractivity contribution < 1.29 is 9.47 Å². The first kappa shape index (κ1) is 13.0. The van der Waals surface area contributed by atoms with Gasteiger partial charge < -0.3 is 14.4 Å². The maximum atomic E-state index is 5.69. The fraction of sp³-hybridized carbons (Fsp3) is 0.600. The fourth-order valence-electron chi connectivity index (χ4n) is 3.41. The van der Waals surface area contributed by atoms with Gasteiger partial charge in [0, 0.05) is 32.3 Å². The van der Waals surface area contributed by atoms with Crippen molar-refractivity contribution in [1.82, 2.24) is 14.8 Å². The van der Waals surface area contributed by atoms with Gasteiger partial charge in [0.1, 0.15) is 0 Å². The van der Waals surface area contributed by atoms with Crippen LogP contribution in [0.15, 0.2) is 18.5 Å². The lowest BCUT2D eigenvalue weighted by Gasteiger charge is -2.36. The molecule has 0 bridgehead atoms. The molecule has 2 aliphatic heterocycles. The number of anilines is 1. The van der Waals surface area contributed by atoms with Crippen LogP contribution in [-0.2, 0) is 16.5 Å². The second-order valence-electron chi connectivity index (χ2n) is 5.79. The third-order valence-corrected chi connectivity index (χ3v) is 4.44. The van der Waals surface area contributed by atoms with Gasteiger partial charge in [0.05, 0.1) is 30.5 Å². The first-order chi connectivity index (χ1) is 10.3. The largest absolute Gasteiger partial charge is 0.370 e.